The lowest BCUT2D eigenvalue weighted by Gasteiger charge is -2.10. The Morgan fingerprint density at radius 1 is 1.57 bits per heavy atom. The summed E-state index contributed by atoms with van der Waals surface area (Å²) in [6.45, 7) is 0. The highest BCUT2D eigenvalue weighted by molar-refractivity contribution is 5.72. The molecule has 1 aliphatic heterocycles. The molecule has 1 atom stereocenters. The molecule has 1 aliphatic rings. The van der Waals surface area contributed by atoms with E-state index in [9.17, 15) is 4.79 Å². The van der Waals surface area contributed by atoms with E-state index in [-0.39, 0.29) is 0 Å². The van der Waals surface area contributed by atoms with Crippen LogP contribution in [0.25, 0.3) is 0 Å². The van der Waals surface area contributed by atoms with Crippen LogP contribution in [0.4, 0.5) is 0 Å². The fourth-order valence-corrected chi connectivity index (χ4v) is 1.18. The van der Waals surface area contributed by atoms with Gasteiger partial charge in [-0.25, -0.2) is 0 Å². The lowest BCUT2D eigenvalue weighted by Crippen LogP contribution is -2.31. The number of aliphatic carboxylic acids is 1. The van der Waals surface area contributed by atoms with Gasteiger partial charge in [-0.2, -0.15) is 10.2 Å². The molecule has 5 heteroatoms. The van der Waals surface area contributed by atoms with Gasteiger partial charge in [-0.15, -0.1) is 12.3 Å². The zero-order valence-corrected chi connectivity index (χ0v) is 7.81. The first-order valence-electron chi connectivity index (χ1n) is 4.45. The second-order valence-electron chi connectivity index (χ2n) is 3.37. The zero-order chi connectivity index (χ0) is 10.6. The number of nitrogens with zero attached hydrogens (tertiary/aromatic N) is 2. The van der Waals surface area contributed by atoms with Gasteiger partial charge in [-0.05, 0) is 12.8 Å². The van der Waals surface area contributed by atoms with Crippen LogP contribution < -0.4 is 5.73 Å². The first-order chi connectivity index (χ1) is 6.59. The van der Waals surface area contributed by atoms with Gasteiger partial charge >= 0.3 is 5.97 Å². The lowest BCUT2D eigenvalue weighted by atomic mass is 9.99. The molecular formula is C9H13N3O2. The zero-order valence-electron chi connectivity index (χ0n) is 7.81. The van der Waals surface area contributed by atoms with E-state index in [0.717, 1.165) is 0 Å². The molecule has 0 aliphatic carbocycles. The van der Waals surface area contributed by atoms with Gasteiger partial charge in [0.1, 0.15) is 6.04 Å². The van der Waals surface area contributed by atoms with E-state index in [2.05, 4.69) is 16.1 Å². The molecule has 0 spiro atoms. The number of terminal acetylenes is 1. The lowest BCUT2D eigenvalue weighted by molar-refractivity contribution is -0.138. The van der Waals surface area contributed by atoms with Crippen molar-refractivity contribution in [2.24, 2.45) is 16.0 Å². The second-order valence-corrected chi connectivity index (χ2v) is 3.37. The summed E-state index contributed by atoms with van der Waals surface area (Å²) in [5.74, 6) is 1.52. The molecule has 0 radical (unpaired) electrons. The van der Waals surface area contributed by atoms with Gasteiger partial charge in [-0.3, -0.25) is 4.79 Å². The molecule has 76 valence electrons. The summed E-state index contributed by atoms with van der Waals surface area (Å²) in [6, 6.07) is -0.830. The second kappa shape index (κ2) is 4.20. The van der Waals surface area contributed by atoms with Crippen LogP contribution in [0.1, 0.15) is 25.7 Å². The third kappa shape index (κ3) is 2.82. The van der Waals surface area contributed by atoms with E-state index in [0.29, 0.717) is 25.7 Å². The van der Waals surface area contributed by atoms with Crippen molar-refractivity contribution >= 4 is 5.97 Å². The fourth-order valence-electron chi connectivity index (χ4n) is 1.18. The van der Waals surface area contributed by atoms with Crippen molar-refractivity contribution in [3.63, 3.8) is 0 Å². The Balaban J connectivity index is 2.24. The van der Waals surface area contributed by atoms with Crippen molar-refractivity contribution in [2.45, 2.75) is 37.4 Å². The molecule has 3 N–H and O–H groups in total. The number of carbonyl (C=O) groups is 1. The third-order valence-corrected chi connectivity index (χ3v) is 2.23. The van der Waals surface area contributed by atoms with Gasteiger partial charge in [0.25, 0.3) is 0 Å². The minimum Gasteiger partial charge on any atom is -0.480 e. The van der Waals surface area contributed by atoms with Crippen LogP contribution in [0.15, 0.2) is 10.2 Å². The minimum atomic E-state index is -0.988. The Labute approximate surface area is 82.4 Å². The van der Waals surface area contributed by atoms with E-state index >= 15 is 0 Å². The summed E-state index contributed by atoms with van der Waals surface area (Å²) in [7, 11) is 0. The first-order valence-corrected chi connectivity index (χ1v) is 4.45. The summed E-state index contributed by atoms with van der Waals surface area (Å²) >= 11 is 0. The van der Waals surface area contributed by atoms with E-state index in [1.807, 2.05) is 0 Å². The van der Waals surface area contributed by atoms with Gasteiger partial charge < -0.3 is 10.8 Å². The molecule has 0 bridgehead atoms. The molecular weight excluding hydrogens is 182 g/mol. The Morgan fingerprint density at radius 3 is 2.64 bits per heavy atom. The van der Waals surface area contributed by atoms with E-state index in [4.69, 9.17) is 17.3 Å². The molecule has 0 unspecified atom stereocenters. The van der Waals surface area contributed by atoms with Crippen molar-refractivity contribution in [1.29, 1.82) is 0 Å². The Morgan fingerprint density at radius 2 is 2.21 bits per heavy atom. The van der Waals surface area contributed by atoms with Gasteiger partial charge in [0.05, 0.1) is 0 Å². The summed E-state index contributed by atoms with van der Waals surface area (Å²) in [4.78, 5) is 10.4. The molecule has 0 aromatic heterocycles. The maximum Gasteiger partial charge on any atom is 0.320 e. The molecule has 14 heavy (non-hydrogen) atoms. The quantitative estimate of drug-likeness (QED) is 0.613. The molecule has 5 nitrogen and oxygen atoms in total. The number of carboxylic acid groups (broad SMARTS) is 1. The fraction of sp³-hybridized carbons (Fsp3) is 0.667. The van der Waals surface area contributed by atoms with E-state index in [1.54, 1.807) is 0 Å². The average molecular weight is 195 g/mol. The van der Waals surface area contributed by atoms with Crippen molar-refractivity contribution in [1.82, 2.24) is 0 Å². The number of rotatable bonds is 6. The van der Waals surface area contributed by atoms with Crippen molar-refractivity contribution in [2.75, 3.05) is 0 Å². The standard InChI is InChI=1S/C9H13N3O2/c1-2-3-5-9(11-12-9)6-4-7(10)8(13)14/h1,7H,3-6,10H2,(H,13,14)/t7-/m0/s1. The third-order valence-electron chi connectivity index (χ3n) is 2.23. The topological polar surface area (TPSA) is 88.0 Å². The number of hydrogen-bond acceptors (Lipinski definition) is 4. The largest absolute Gasteiger partial charge is 0.480 e. The Kier molecular flexibility index (Phi) is 3.20. The highest BCUT2D eigenvalue weighted by Crippen LogP contribution is 2.37. The van der Waals surface area contributed by atoms with Crippen LogP contribution in [-0.4, -0.2) is 22.8 Å². The Hall–Kier alpha value is -1.41. The first kappa shape index (κ1) is 10.7. The number of carboxylic acids is 1. The summed E-state index contributed by atoms with van der Waals surface area (Å²) in [5, 5.41) is 16.3. The van der Waals surface area contributed by atoms with Crippen LogP contribution in [0, 0.1) is 12.3 Å². The smallest absolute Gasteiger partial charge is 0.320 e. The average Bonchev–Trinajstić information content (AvgIpc) is 2.92. The SMILES string of the molecule is C#CCCC1(CC[C@H](N)C(=O)O)N=N1. The summed E-state index contributed by atoms with van der Waals surface area (Å²) in [6.07, 6.45) is 7.37. The summed E-state index contributed by atoms with van der Waals surface area (Å²) in [5.41, 5.74) is 4.94. The van der Waals surface area contributed by atoms with Crippen molar-refractivity contribution < 1.29 is 9.90 Å². The monoisotopic (exact) mass is 195 g/mol. The maximum absolute atomic E-state index is 10.4. The maximum atomic E-state index is 10.4. The molecule has 0 fully saturated rings. The van der Waals surface area contributed by atoms with Crippen LogP contribution in [0.3, 0.4) is 0 Å². The van der Waals surface area contributed by atoms with Gasteiger partial charge in [0.15, 0.2) is 5.66 Å². The molecule has 1 rings (SSSR count). The van der Waals surface area contributed by atoms with Crippen molar-refractivity contribution in [3.05, 3.63) is 0 Å². The molecule has 0 aromatic rings. The van der Waals surface area contributed by atoms with Gasteiger partial charge in [-0.1, -0.05) is 0 Å². The predicted octanol–water partition coefficient (Wildman–Crippen LogP) is 0.754. The normalized spacial score (nSPS) is 18.6. The molecule has 1 heterocycles. The van der Waals surface area contributed by atoms with E-state index in [1.165, 1.54) is 0 Å². The number of hydrogen-bond donors (Lipinski definition) is 2. The molecule has 0 amide bonds. The van der Waals surface area contributed by atoms with Crippen LogP contribution in [0.2, 0.25) is 0 Å². The number of nitrogens with two attached hydrogens (primary N) is 1. The van der Waals surface area contributed by atoms with Gasteiger partial charge in [0, 0.05) is 12.8 Å². The Bertz CT molecular complexity index is 287. The van der Waals surface area contributed by atoms with Crippen LogP contribution in [-0.2, 0) is 4.79 Å². The highest BCUT2D eigenvalue weighted by atomic mass is 16.4. The predicted molar refractivity (Wildman–Crippen MR) is 50.5 cm³/mol. The van der Waals surface area contributed by atoms with Gasteiger partial charge in [0.2, 0.25) is 0 Å². The minimum absolute atomic E-state index is 0.382. The van der Waals surface area contributed by atoms with Crippen LogP contribution in [0.5, 0.6) is 0 Å². The highest BCUT2D eigenvalue weighted by Gasteiger charge is 2.39. The molecule has 0 aromatic carbocycles. The van der Waals surface area contributed by atoms with Crippen LogP contribution >= 0.6 is 0 Å². The molecule has 0 saturated heterocycles. The molecule has 0 saturated carbocycles. The van der Waals surface area contributed by atoms with E-state index < -0.39 is 17.7 Å². The summed E-state index contributed by atoms with van der Waals surface area (Å²) < 4.78 is 0. The van der Waals surface area contributed by atoms with Crippen molar-refractivity contribution in [3.8, 4) is 12.3 Å².